The molecule has 0 unspecified atom stereocenters. The van der Waals surface area contributed by atoms with Crippen LogP contribution in [0.2, 0.25) is 0 Å². The molecule has 1 aromatic carbocycles. The van der Waals surface area contributed by atoms with E-state index in [9.17, 15) is 4.79 Å². The fourth-order valence-corrected chi connectivity index (χ4v) is 3.13. The predicted molar refractivity (Wildman–Crippen MR) is 94.4 cm³/mol. The van der Waals surface area contributed by atoms with Gasteiger partial charge in [-0.15, -0.1) is 21.2 Å². The van der Waals surface area contributed by atoms with Gasteiger partial charge in [0, 0.05) is 28.2 Å². The van der Waals surface area contributed by atoms with Crippen LogP contribution in [0.3, 0.4) is 0 Å². The van der Waals surface area contributed by atoms with Crippen LogP contribution in [-0.2, 0) is 6.54 Å². The zero-order chi connectivity index (χ0) is 16.4. The summed E-state index contributed by atoms with van der Waals surface area (Å²) in [5.74, 6) is 0. The highest BCUT2D eigenvalue weighted by Gasteiger charge is 2.12. The molecule has 118 valence electrons. The highest BCUT2D eigenvalue weighted by molar-refractivity contribution is 7.09. The molecular formula is C17H13N5OS. The first kappa shape index (κ1) is 14.5. The van der Waals surface area contributed by atoms with Gasteiger partial charge in [0.15, 0.2) is 0 Å². The van der Waals surface area contributed by atoms with Crippen molar-refractivity contribution in [1.82, 2.24) is 19.9 Å². The maximum absolute atomic E-state index is 12.7. The average molecular weight is 335 g/mol. The van der Waals surface area contributed by atoms with E-state index in [-0.39, 0.29) is 5.56 Å². The molecule has 24 heavy (non-hydrogen) atoms. The van der Waals surface area contributed by atoms with Gasteiger partial charge < -0.3 is 5.43 Å². The Morgan fingerprint density at radius 3 is 2.58 bits per heavy atom. The Balaban J connectivity index is 1.85. The average Bonchev–Trinajstić information content (AvgIpc) is 3.16. The summed E-state index contributed by atoms with van der Waals surface area (Å²) in [6.45, 7) is 0.535. The molecule has 0 fully saturated rings. The molecule has 4 aromatic rings. The summed E-state index contributed by atoms with van der Waals surface area (Å²) in [7, 11) is 0. The molecule has 0 saturated carbocycles. The van der Waals surface area contributed by atoms with E-state index in [0.717, 1.165) is 15.8 Å². The first-order valence-electron chi connectivity index (χ1n) is 7.36. The van der Waals surface area contributed by atoms with Crippen LogP contribution in [0.4, 0.5) is 0 Å². The molecule has 3 aromatic heterocycles. The van der Waals surface area contributed by atoms with E-state index in [1.807, 2.05) is 35.7 Å². The van der Waals surface area contributed by atoms with Crippen LogP contribution in [0.5, 0.6) is 0 Å². The zero-order valence-electron chi connectivity index (χ0n) is 12.6. The maximum Gasteiger partial charge on any atom is 0.293 e. The zero-order valence-corrected chi connectivity index (χ0v) is 13.4. The predicted octanol–water partition coefficient (Wildman–Crippen LogP) is 2.66. The Hall–Kier alpha value is -3.06. The summed E-state index contributed by atoms with van der Waals surface area (Å²) < 4.78 is 0. The monoisotopic (exact) mass is 335 g/mol. The van der Waals surface area contributed by atoms with Gasteiger partial charge in [-0.1, -0.05) is 24.3 Å². The Morgan fingerprint density at radius 1 is 1.04 bits per heavy atom. The number of nitrogens with zero attached hydrogens (tertiary/aromatic N) is 4. The molecule has 0 aliphatic carbocycles. The molecule has 0 atom stereocenters. The van der Waals surface area contributed by atoms with Crippen molar-refractivity contribution in [3.8, 4) is 11.3 Å². The van der Waals surface area contributed by atoms with E-state index >= 15 is 0 Å². The van der Waals surface area contributed by atoms with Gasteiger partial charge in [-0.05, 0) is 17.5 Å². The third kappa shape index (κ3) is 2.65. The minimum absolute atomic E-state index is 0.178. The molecule has 0 amide bonds. The fourth-order valence-electron chi connectivity index (χ4n) is 2.50. The lowest BCUT2D eigenvalue weighted by atomic mass is 10.1. The quantitative estimate of drug-likeness (QED) is 0.621. The standard InChI is InChI=1S/C17H13N5OS/c23-17-15-6-2-1-5-14(15)16(12-8-18-11-19-9-12)21-22(17)20-10-13-4-3-7-24-13/h1-9,11,20H,10H2. The molecule has 0 spiro atoms. The largest absolute Gasteiger partial charge is 0.301 e. The fraction of sp³-hybridized carbons (Fsp3) is 0.0588. The number of rotatable bonds is 4. The van der Waals surface area contributed by atoms with Crippen LogP contribution in [0, 0.1) is 0 Å². The number of aromatic nitrogens is 4. The van der Waals surface area contributed by atoms with Gasteiger partial charge in [-0.25, -0.2) is 9.97 Å². The van der Waals surface area contributed by atoms with Crippen molar-refractivity contribution in [3.63, 3.8) is 0 Å². The molecular weight excluding hydrogens is 322 g/mol. The number of hydrogen-bond acceptors (Lipinski definition) is 6. The number of nitrogens with one attached hydrogen (secondary N) is 1. The Labute approximate surface area is 141 Å². The summed E-state index contributed by atoms with van der Waals surface area (Å²) in [5, 5.41) is 7.87. The Bertz CT molecular complexity index is 1030. The van der Waals surface area contributed by atoms with Gasteiger partial charge in [0.05, 0.1) is 11.9 Å². The van der Waals surface area contributed by atoms with Gasteiger partial charge in [-0.3, -0.25) is 4.79 Å². The van der Waals surface area contributed by atoms with Crippen molar-refractivity contribution in [2.45, 2.75) is 6.54 Å². The lowest BCUT2D eigenvalue weighted by Gasteiger charge is -2.12. The maximum atomic E-state index is 12.7. The lowest BCUT2D eigenvalue weighted by molar-refractivity contribution is 0.698. The van der Waals surface area contributed by atoms with Gasteiger partial charge in [-0.2, -0.15) is 0 Å². The minimum Gasteiger partial charge on any atom is -0.301 e. The lowest BCUT2D eigenvalue weighted by Crippen LogP contribution is -2.31. The van der Waals surface area contributed by atoms with E-state index in [1.165, 1.54) is 11.1 Å². The van der Waals surface area contributed by atoms with E-state index in [2.05, 4.69) is 20.5 Å². The van der Waals surface area contributed by atoms with Crippen molar-refractivity contribution in [2.24, 2.45) is 0 Å². The number of fused-ring (bicyclic) bond motifs is 1. The highest BCUT2D eigenvalue weighted by Crippen LogP contribution is 2.22. The molecule has 6 nitrogen and oxygen atoms in total. The third-order valence-electron chi connectivity index (χ3n) is 3.62. The molecule has 0 radical (unpaired) electrons. The van der Waals surface area contributed by atoms with Gasteiger partial charge in [0.25, 0.3) is 5.56 Å². The minimum atomic E-state index is -0.178. The SMILES string of the molecule is O=c1c2ccccc2c(-c2cncnc2)nn1NCc1cccs1. The second-order valence-electron chi connectivity index (χ2n) is 5.15. The second kappa shape index (κ2) is 6.21. The molecule has 1 N–H and O–H groups in total. The molecule has 0 saturated heterocycles. The molecule has 0 aliphatic rings. The van der Waals surface area contributed by atoms with Gasteiger partial charge in [0.1, 0.15) is 12.0 Å². The van der Waals surface area contributed by atoms with Crippen molar-refractivity contribution < 1.29 is 0 Å². The molecule has 0 bridgehead atoms. The van der Waals surface area contributed by atoms with Crippen molar-refractivity contribution in [1.29, 1.82) is 0 Å². The third-order valence-corrected chi connectivity index (χ3v) is 4.50. The molecule has 4 rings (SSSR count). The molecule has 0 aliphatic heterocycles. The second-order valence-corrected chi connectivity index (χ2v) is 6.18. The van der Waals surface area contributed by atoms with Crippen LogP contribution in [0.25, 0.3) is 22.0 Å². The topological polar surface area (TPSA) is 72.7 Å². The first-order valence-corrected chi connectivity index (χ1v) is 8.24. The van der Waals surface area contributed by atoms with Crippen molar-refractivity contribution in [2.75, 3.05) is 5.43 Å². The van der Waals surface area contributed by atoms with E-state index in [4.69, 9.17) is 0 Å². The van der Waals surface area contributed by atoms with Crippen LogP contribution >= 0.6 is 11.3 Å². The Morgan fingerprint density at radius 2 is 1.83 bits per heavy atom. The highest BCUT2D eigenvalue weighted by atomic mass is 32.1. The number of hydrogen-bond donors (Lipinski definition) is 1. The number of thiophene rings is 1. The van der Waals surface area contributed by atoms with E-state index in [1.54, 1.807) is 29.8 Å². The molecule has 3 heterocycles. The normalized spacial score (nSPS) is 10.8. The summed E-state index contributed by atoms with van der Waals surface area (Å²) in [5.41, 5.74) is 4.34. The van der Waals surface area contributed by atoms with Gasteiger partial charge in [0.2, 0.25) is 0 Å². The summed E-state index contributed by atoms with van der Waals surface area (Å²) in [6.07, 6.45) is 4.85. The van der Waals surface area contributed by atoms with Crippen molar-refractivity contribution in [3.05, 3.63) is 75.7 Å². The van der Waals surface area contributed by atoms with Crippen LogP contribution in [0.1, 0.15) is 4.88 Å². The summed E-state index contributed by atoms with van der Waals surface area (Å²) >= 11 is 1.63. The van der Waals surface area contributed by atoms with Crippen LogP contribution < -0.4 is 11.0 Å². The van der Waals surface area contributed by atoms with Crippen LogP contribution in [0.15, 0.2) is 65.3 Å². The first-order chi connectivity index (χ1) is 11.8. The van der Waals surface area contributed by atoms with E-state index in [0.29, 0.717) is 17.6 Å². The smallest absolute Gasteiger partial charge is 0.293 e. The number of benzene rings is 1. The van der Waals surface area contributed by atoms with E-state index < -0.39 is 0 Å². The molecule has 7 heteroatoms. The Kier molecular flexibility index (Phi) is 3.76. The van der Waals surface area contributed by atoms with Crippen molar-refractivity contribution >= 4 is 22.1 Å². The summed E-state index contributed by atoms with van der Waals surface area (Å²) in [4.78, 5) is 23.2. The van der Waals surface area contributed by atoms with Gasteiger partial charge >= 0.3 is 0 Å². The van der Waals surface area contributed by atoms with Crippen LogP contribution in [-0.4, -0.2) is 19.9 Å². The summed E-state index contributed by atoms with van der Waals surface area (Å²) in [6, 6.07) is 11.4.